The van der Waals surface area contributed by atoms with Crippen LogP contribution in [0.1, 0.15) is 36.5 Å². The Bertz CT molecular complexity index is 542. The largest absolute Gasteiger partial charge is 0.377 e. The molecule has 104 valence electrons. The molecule has 1 atom stereocenters. The first kappa shape index (κ1) is 14.5. The Balaban J connectivity index is 2.30. The van der Waals surface area contributed by atoms with Crippen molar-refractivity contribution in [3.05, 3.63) is 83.9 Å². The summed E-state index contributed by atoms with van der Waals surface area (Å²) in [4.78, 5) is 0. The van der Waals surface area contributed by atoms with E-state index in [-0.39, 0.29) is 0 Å². The van der Waals surface area contributed by atoms with Gasteiger partial charge in [-0.05, 0) is 29.5 Å². The fourth-order valence-corrected chi connectivity index (χ4v) is 2.40. The number of hydrogen-bond acceptors (Lipinski definition) is 1. The Morgan fingerprint density at radius 1 is 1.00 bits per heavy atom. The third-order valence-corrected chi connectivity index (χ3v) is 3.72. The van der Waals surface area contributed by atoms with Gasteiger partial charge in [0.05, 0.1) is 0 Å². The van der Waals surface area contributed by atoms with Crippen LogP contribution in [0, 0.1) is 0 Å². The molecule has 0 bridgehead atoms. The van der Waals surface area contributed by atoms with Crippen LogP contribution < -0.4 is 0 Å². The monoisotopic (exact) mass is 266 g/mol. The molecule has 0 aromatic heterocycles. The summed E-state index contributed by atoms with van der Waals surface area (Å²) < 4.78 is 0. The highest BCUT2D eigenvalue weighted by atomic mass is 16.3. The van der Waals surface area contributed by atoms with Crippen molar-refractivity contribution in [3.63, 3.8) is 0 Å². The van der Waals surface area contributed by atoms with Gasteiger partial charge in [-0.1, -0.05) is 80.6 Å². The molecule has 1 nitrogen and oxygen atoms in total. The van der Waals surface area contributed by atoms with Crippen LogP contribution in [0.25, 0.3) is 0 Å². The number of rotatable bonds is 6. The molecule has 0 aliphatic heterocycles. The van der Waals surface area contributed by atoms with Crippen LogP contribution in [0.5, 0.6) is 0 Å². The normalized spacial score (nSPS) is 13.7. The maximum atomic E-state index is 10.9. The van der Waals surface area contributed by atoms with E-state index in [1.165, 1.54) is 18.4 Å². The maximum absolute atomic E-state index is 10.9. The van der Waals surface area contributed by atoms with Crippen molar-refractivity contribution in [2.75, 3.05) is 0 Å². The molecule has 0 saturated heterocycles. The standard InChI is InChI=1S/C19H22O/c1-3-5-9-16-12-14-18(15-13-16)19(20,4-2)17-10-7-6-8-11-17/h4,6-8,10-15,20H,2-3,5,9H2,1H3. The molecule has 1 heteroatoms. The van der Waals surface area contributed by atoms with Crippen molar-refractivity contribution in [1.29, 1.82) is 0 Å². The van der Waals surface area contributed by atoms with Crippen LogP contribution in [0.4, 0.5) is 0 Å². The van der Waals surface area contributed by atoms with Crippen molar-refractivity contribution >= 4 is 0 Å². The third-order valence-electron chi connectivity index (χ3n) is 3.72. The minimum absolute atomic E-state index is 0.844. The van der Waals surface area contributed by atoms with Gasteiger partial charge in [0.15, 0.2) is 0 Å². The first-order chi connectivity index (χ1) is 9.70. The highest BCUT2D eigenvalue weighted by Crippen LogP contribution is 2.30. The maximum Gasteiger partial charge on any atom is 0.133 e. The molecule has 0 fully saturated rings. The molecule has 20 heavy (non-hydrogen) atoms. The number of unbranched alkanes of at least 4 members (excludes halogenated alkanes) is 1. The van der Waals surface area contributed by atoms with Gasteiger partial charge in [0.25, 0.3) is 0 Å². The quantitative estimate of drug-likeness (QED) is 0.766. The summed E-state index contributed by atoms with van der Waals surface area (Å²) in [5.74, 6) is 0. The molecule has 0 aliphatic rings. The molecule has 0 radical (unpaired) electrons. The molecular weight excluding hydrogens is 244 g/mol. The lowest BCUT2D eigenvalue weighted by atomic mass is 9.86. The minimum Gasteiger partial charge on any atom is -0.377 e. The fourth-order valence-electron chi connectivity index (χ4n) is 2.40. The van der Waals surface area contributed by atoms with Crippen LogP contribution in [0.3, 0.4) is 0 Å². The molecule has 0 saturated carbocycles. The molecular formula is C19H22O. The van der Waals surface area contributed by atoms with Gasteiger partial charge >= 0.3 is 0 Å². The third kappa shape index (κ3) is 3.00. The van der Waals surface area contributed by atoms with E-state index in [1.54, 1.807) is 6.08 Å². The van der Waals surface area contributed by atoms with E-state index in [0.717, 1.165) is 17.5 Å². The van der Waals surface area contributed by atoms with Gasteiger partial charge in [0, 0.05) is 0 Å². The van der Waals surface area contributed by atoms with Crippen LogP contribution in [0.2, 0.25) is 0 Å². The molecule has 1 unspecified atom stereocenters. The fraction of sp³-hybridized carbons (Fsp3) is 0.263. The molecule has 1 N–H and O–H groups in total. The lowest BCUT2D eigenvalue weighted by Crippen LogP contribution is -2.24. The van der Waals surface area contributed by atoms with E-state index < -0.39 is 5.60 Å². The Labute approximate surface area is 121 Å². The van der Waals surface area contributed by atoms with Gasteiger partial charge in [-0.3, -0.25) is 0 Å². The first-order valence-corrected chi connectivity index (χ1v) is 7.21. The average Bonchev–Trinajstić information content (AvgIpc) is 2.53. The number of hydrogen-bond donors (Lipinski definition) is 1. The summed E-state index contributed by atoms with van der Waals surface area (Å²) in [7, 11) is 0. The molecule has 2 aromatic carbocycles. The zero-order chi connectivity index (χ0) is 14.4. The zero-order valence-corrected chi connectivity index (χ0v) is 12.0. The smallest absolute Gasteiger partial charge is 0.133 e. The van der Waals surface area contributed by atoms with E-state index in [9.17, 15) is 5.11 Å². The van der Waals surface area contributed by atoms with Crippen LogP contribution in [0.15, 0.2) is 67.3 Å². The summed E-state index contributed by atoms with van der Waals surface area (Å²) in [6, 6.07) is 17.9. The molecule has 2 aromatic rings. The van der Waals surface area contributed by atoms with E-state index in [4.69, 9.17) is 0 Å². The molecule has 2 rings (SSSR count). The lowest BCUT2D eigenvalue weighted by Gasteiger charge is -2.25. The van der Waals surface area contributed by atoms with Gasteiger partial charge in [-0.2, -0.15) is 0 Å². The predicted octanol–water partition coefficient (Wildman–Crippen LogP) is 4.45. The summed E-state index contributed by atoms with van der Waals surface area (Å²) in [6.45, 7) is 6.00. The highest BCUT2D eigenvalue weighted by molar-refractivity contribution is 5.41. The Morgan fingerprint density at radius 2 is 1.60 bits per heavy atom. The van der Waals surface area contributed by atoms with Gasteiger partial charge in [0.1, 0.15) is 5.60 Å². The second kappa shape index (κ2) is 6.53. The van der Waals surface area contributed by atoms with E-state index in [0.29, 0.717) is 0 Å². The van der Waals surface area contributed by atoms with Crippen LogP contribution >= 0.6 is 0 Å². The number of benzene rings is 2. The number of aryl methyl sites for hydroxylation is 1. The lowest BCUT2D eigenvalue weighted by molar-refractivity contribution is 0.135. The summed E-state index contributed by atoms with van der Waals surface area (Å²) in [5, 5.41) is 10.9. The van der Waals surface area contributed by atoms with Crippen molar-refractivity contribution in [2.45, 2.75) is 31.8 Å². The Hall–Kier alpha value is -1.86. The van der Waals surface area contributed by atoms with E-state index >= 15 is 0 Å². The summed E-state index contributed by atoms with van der Waals surface area (Å²) in [6.07, 6.45) is 5.09. The molecule has 0 heterocycles. The zero-order valence-electron chi connectivity index (χ0n) is 12.0. The van der Waals surface area contributed by atoms with Crippen molar-refractivity contribution < 1.29 is 5.11 Å². The Kier molecular flexibility index (Phi) is 4.75. The predicted molar refractivity (Wildman–Crippen MR) is 84.7 cm³/mol. The summed E-state index contributed by atoms with van der Waals surface area (Å²) >= 11 is 0. The second-order valence-electron chi connectivity index (χ2n) is 5.14. The van der Waals surface area contributed by atoms with Crippen molar-refractivity contribution in [3.8, 4) is 0 Å². The SMILES string of the molecule is C=CC(O)(c1ccccc1)c1ccc(CCCC)cc1. The molecule has 0 aliphatic carbocycles. The van der Waals surface area contributed by atoms with Crippen LogP contribution in [-0.4, -0.2) is 5.11 Å². The van der Waals surface area contributed by atoms with Crippen molar-refractivity contribution in [1.82, 2.24) is 0 Å². The molecule has 0 amide bonds. The minimum atomic E-state index is -1.12. The average molecular weight is 266 g/mol. The molecule has 0 spiro atoms. The Morgan fingerprint density at radius 3 is 2.15 bits per heavy atom. The number of aliphatic hydroxyl groups is 1. The highest BCUT2D eigenvalue weighted by Gasteiger charge is 2.27. The van der Waals surface area contributed by atoms with Gasteiger partial charge in [-0.15, -0.1) is 0 Å². The van der Waals surface area contributed by atoms with Gasteiger partial charge < -0.3 is 5.11 Å². The second-order valence-corrected chi connectivity index (χ2v) is 5.14. The van der Waals surface area contributed by atoms with Crippen molar-refractivity contribution in [2.24, 2.45) is 0 Å². The van der Waals surface area contributed by atoms with E-state index in [1.807, 2.05) is 42.5 Å². The van der Waals surface area contributed by atoms with E-state index in [2.05, 4.69) is 25.6 Å². The first-order valence-electron chi connectivity index (χ1n) is 7.21. The topological polar surface area (TPSA) is 20.2 Å². The van der Waals surface area contributed by atoms with Crippen LogP contribution in [-0.2, 0) is 12.0 Å². The summed E-state index contributed by atoms with van der Waals surface area (Å²) in [5.41, 5.74) is 1.90. The van der Waals surface area contributed by atoms with Gasteiger partial charge in [0.2, 0.25) is 0 Å². The van der Waals surface area contributed by atoms with Gasteiger partial charge in [-0.25, -0.2) is 0 Å².